The monoisotopic (exact) mass is 437 g/mol. The van der Waals surface area contributed by atoms with Gasteiger partial charge in [-0.05, 0) is 69.4 Å². The molecule has 0 bridgehead atoms. The van der Waals surface area contributed by atoms with Crippen LogP contribution in [0.15, 0.2) is 53.0 Å². The minimum atomic E-state index is -0.363. The molecule has 5 heteroatoms. The molecule has 0 atom stereocenters. The van der Waals surface area contributed by atoms with E-state index in [2.05, 4.69) is 71.1 Å². The van der Waals surface area contributed by atoms with Gasteiger partial charge in [0.25, 0.3) is 0 Å². The van der Waals surface area contributed by atoms with Gasteiger partial charge in [-0.25, -0.2) is 0 Å². The van der Waals surface area contributed by atoms with Crippen molar-refractivity contribution in [1.29, 1.82) is 0 Å². The molecule has 26 heavy (non-hydrogen) atoms. The lowest BCUT2D eigenvalue weighted by Gasteiger charge is -2.31. The summed E-state index contributed by atoms with van der Waals surface area (Å²) in [6.45, 7) is 5.70. The summed E-state index contributed by atoms with van der Waals surface area (Å²) in [5, 5.41) is 0. The number of benzene rings is 2. The third-order valence-corrected chi connectivity index (χ3v) is 4.60. The normalized spacial score (nSPS) is 14.8. The predicted molar refractivity (Wildman–Crippen MR) is 114 cm³/mol. The zero-order valence-corrected chi connectivity index (χ0v) is 18.0. The number of rotatable bonds is 5. The Bertz CT molecular complexity index is 785. The van der Waals surface area contributed by atoms with E-state index >= 15 is 0 Å². The van der Waals surface area contributed by atoms with Gasteiger partial charge >= 0.3 is 0 Å². The van der Waals surface area contributed by atoms with Gasteiger partial charge in [-0.1, -0.05) is 28.1 Å². The Balaban J connectivity index is 0.00000243. The number of fused-ring (bicyclic) bond motifs is 1. The molecular weight excluding hydrogens is 414 g/mol. The fourth-order valence-corrected chi connectivity index (χ4v) is 3.12. The Kier molecular flexibility index (Phi) is 6.78. The van der Waals surface area contributed by atoms with Gasteiger partial charge in [0, 0.05) is 22.6 Å². The number of likely N-dealkylation sites (N-methyl/N-ethyl adjacent to an activating group) is 1. The molecule has 1 aliphatic rings. The lowest BCUT2D eigenvalue weighted by molar-refractivity contribution is 0.157. The van der Waals surface area contributed by atoms with E-state index in [-0.39, 0.29) is 18.0 Å². The van der Waals surface area contributed by atoms with Crippen LogP contribution < -0.4 is 9.47 Å². The molecule has 0 saturated carbocycles. The minimum absolute atomic E-state index is 0. The third-order valence-electron chi connectivity index (χ3n) is 4.07. The molecule has 3 rings (SSSR count). The van der Waals surface area contributed by atoms with E-state index in [1.54, 1.807) is 0 Å². The first-order valence-electron chi connectivity index (χ1n) is 8.44. The van der Waals surface area contributed by atoms with Crippen LogP contribution >= 0.6 is 28.3 Å². The number of hydrogen-bond donors (Lipinski definition) is 0. The summed E-state index contributed by atoms with van der Waals surface area (Å²) in [6, 6.07) is 14.5. The van der Waals surface area contributed by atoms with Gasteiger partial charge in [0.1, 0.15) is 23.7 Å². The molecule has 0 spiro atoms. The van der Waals surface area contributed by atoms with E-state index in [0.717, 1.165) is 28.1 Å². The van der Waals surface area contributed by atoms with Crippen molar-refractivity contribution in [3.8, 4) is 11.5 Å². The molecule has 2 aromatic carbocycles. The fraction of sp³-hybridized carbons (Fsp3) is 0.333. The fourth-order valence-electron chi connectivity index (χ4n) is 2.85. The Hall–Kier alpha value is -1.49. The molecule has 0 N–H and O–H groups in total. The Morgan fingerprint density at radius 1 is 1.08 bits per heavy atom. The topological polar surface area (TPSA) is 21.7 Å². The van der Waals surface area contributed by atoms with Gasteiger partial charge in [-0.15, -0.1) is 12.4 Å². The smallest absolute Gasteiger partial charge is 0.132 e. The molecule has 0 fully saturated rings. The first kappa shape index (κ1) is 20.8. The third kappa shape index (κ3) is 5.03. The van der Waals surface area contributed by atoms with Crippen LogP contribution in [0.5, 0.6) is 11.5 Å². The Morgan fingerprint density at radius 3 is 2.42 bits per heavy atom. The molecule has 0 radical (unpaired) electrons. The lowest BCUT2D eigenvalue weighted by atomic mass is 9.90. The van der Waals surface area contributed by atoms with Gasteiger partial charge in [0.2, 0.25) is 0 Å². The molecule has 2 aromatic rings. The second-order valence-electron chi connectivity index (χ2n) is 7.08. The largest absolute Gasteiger partial charge is 0.492 e. The first-order chi connectivity index (χ1) is 11.8. The maximum absolute atomic E-state index is 6.19. The summed E-state index contributed by atoms with van der Waals surface area (Å²) in [5.41, 5.74) is 3.11. The van der Waals surface area contributed by atoms with Crippen LogP contribution in [0.4, 0.5) is 0 Å². The predicted octanol–water partition coefficient (Wildman–Crippen LogP) is 5.41. The Labute approximate surface area is 170 Å². The lowest BCUT2D eigenvalue weighted by Crippen LogP contribution is -2.29. The van der Waals surface area contributed by atoms with Gasteiger partial charge < -0.3 is 14.4 Å². The van der Waals surface area contributed by atoms with E-state index in [1.807, 2.05) is 26.2 Å². The van der Waals surface area contributed by atoms with Crippen molar-refractivity contribution >= 4 is 33.9 Å². The van der Waals surface area contributed by atoms with Crippen molar-refractivity contribution in [3.05, 3.63) is 64.1 Å². The maximum Gasteiger partial charge on any atom is 0.132 e. The SMILES string of the molecule is CN(C)CCOc1ccc2c(c1)OC(C)(C)C=C2c1ccc(Br)cc1.Cl. The van der Waals surface area contributed by atoms with Crippen LogP contribution in [-0.2, 0) is 0 Å². The highest BCUT2D eigenvalue weighted by Crippen LogP contribution is 2.41. The second kappa shape index (κ2) is 8.47. The molecule has 1 aliphatic heterocycles. The molecular formula is C21H25BrClNO2. The zero-order chi connectivity index (χ0) is 18.0. The van der Waals surface area contributed by atoms with Gasteiger partial charge in [-0.2, -0.15) is 0 Å². The van der Waals surface area contributed by atoms with Crippen LogP contribution in [-0.4, -0.2) is 37.7 Å². The zero-order valence-electron chi connectivity index (χ0n) is 15.6. The number of hydrogen-bond acceptors (Lipinski definition) is 3. The van der Waals surface area contributed by atoms with Crippen molar-refractivity contribution in [3.63, 3.8) is 0 Å². The van der Waals surface area contributed by atoms with Crippen LogP contribution in [0.1, 0.15) is 25.0 Å². The molecule has 3 nitrogen and oxygen atoms in total. The van der Waals surface area contributed by atoms with Gasteiger partial charge in [-0.3, -0.25) is 0 Å². The quantitative estimate of drug-likeness (QED) is 0.622. The molecule has 0 saturated heterocycles. The van der Waals surface area contributed by atoms with Crippen molar-refractivity contribution < 1.29 is 9.47 Å². The standard InChI is InChI=1S/C21H24BrNO2.ClH/c1-21(2)14-19(15-5-7-16(22)8-6-15)18-10-9-17(13-20(18)25-21)24-12-11-23(3)4;/h5-10,13-14H,11-12H2,1-4H3;1H. The van der Waals surface area contributed by atoms with Crippen molar-refractivity contribution in [2.75, 3.05) is 27.2 Å². The number of ether oxygens (including phenoxy) is 2. The average Bonchev–Trinajstić information content (AvgIpc) is 2.53. The maximum atomic E-state index is 6.19. The highest BCUT2D eigenvalue weighted by Gasteiger charge is 2.27. The Morgan fingerprint density at radius 2 is 1.77 bits per heavy atom. The van der Waals surface area contributed by atoms with Crippen molar-refractivity contribution in [1.82, 2.24) is 4.90 Å². The van der Waals surface area contributed by atoms with E-state index in [0.29, 0.717) is 6.61 Å². The highest BCUT2D eigenvalue weighted by molar-refractivity contribution is 9.10. The second-order valence-corrected chi connectivity index (χ2v) is 8.00. The molecule has 0 aromatic heterocycles. The molecule has 1 heterocycles. The first-order valence-corrected chi connectivity index (χ1v) is 9.23. The summed E-state index contributed by atoms with van der Waals surface area (Å²) < 4.78 is 13.1. The number of nitrogens with zero attached hydrogens (tertiary/aromatic N) is 1. The summed E-state index contributed by atoms with van der Waals surface area (Å²) in [5.74, 6) is 1.71. The molecule has 140 valence electrons. The minimum Gasteiger partial charge on any atom is -0.492 e. The summed E-state index contributed by atoms with van der Waals surface area (Å²) in [4.78, 5) is 2.10. The van der Waals surface area contributed by atoms with Crippen molar-refractivity contribution in [2.45, 2.75) is 19.4 Å². The summed E-state index contributed by atoms with van der Waals surface area (Å²) >= 11 is 3.50. The highest BCUT2D eigenvalue weighted by atomic mass is 79.9. The van der Waals surface area contributed by atoms with Crippen LogP contribution in [0.2, 0.25) is 0 Å². The van der Waals surface area contributed by atoms with Crippen LogP contribution in [0, 0.1) is 0 Å². The van der Waals surface area contributed by atoms with Crippen LogP contribution in [0.25, 0.3) is 5.57 Å². The summed E-state index contributed by atoms with van der Waals surface area (Å²) in [7, 11) is 4.08. The van der Waals surface area contributed by atoms with Gasteiger partial charge in [0.15, 0.2) is 0 Å². The van der Waals surface area contributed by atoms with E-state index in [9.17, 15) is 0 Å². The number of halogens is 2. The van der Waals surface area contributed by atoms with E-state index in [1.165, 1.54) is 11.1 Å². The molecule has 0 aliphatic carbocycles. The van der Waals surface area contributed by atoms with E-state index in [4.69, 9.17) is 9.47 Å². The average molecular weight is 439 g/mol. The van der Waals surface area contributed by atoms with Crippen molar-refractivity contribution in [2.24, 2.45) is 0 Å². The van der Waals surface area contributed by atoms with E-state index < -0.39 is 0 Å². The van der Waals surface area contributed by atoms with Gasteiger partial charge in [0.05, 0.1) is 0 Å². The molecule has 0 amide bonds. The summed E-state index contributed by atoms with van der Waals surface area (Å²) in [6.07, 6.45) is 2.19. The molecule has 0 unspecified atom stereocenters. The van der Waals surface area contributed by atoms with Crippen LogP contribution in [0.3, 0.4) is 0 Å².